The van der Waals surface area contributed by atoms with Crippen LogP contribution in [0.4, 0.5) is 5.69 Å². The molecular weight excluding hydrogens is 264 g/mol. The summed E-state index contributed by atoms with van der Waals surface area (Å²) >= 11 is 0. The molecule has 1 aromatic heterocycles. The van der Waals surface area contributed by atoms with Crippen LogP contribution in [0.2, 0.25) is 0 Å². The summed E-state index contributed by atoms with van der Waals surface area (Å²) < 4.78 is 26.1. The van der Waals surface area contributed by atoms with Crippen LogP contribution in [0.3, 0.4) is 0 Å². The molecule has 0 aliphatic rings. The van der Waals surface area contributed by atoms with Gasteiger partial charge in [0.05, 0.1) is 6.20 Å². The molecule has 7 heteroatoms. The van der Waals surface area contributed by atoms with Crippen LogP contribution >= 0.6 is 0 Å². The molecule has 19 heavy (non-hydrogen) atoms. The zero-order chi connectivity index (χ0) is 13.7. The number of benzene rings is 1. The molecular formula is C12H16N4O2S. The molecule has 2 rings (SSSR count). The molecule has 6 nitrogen and oxygen atoms in total. The summed E-state index contributed by atoms with van der Waals surface area (Å²) in [5.41, 5.74) is 1.04. The van der Waals surface area contributed by atoms with E-state index in [0.29, 0.717) is 13.1 Å². The summed E-state index contributed by atoms with van der Waals surface area (Å²) in [7, 11) is -1.57. The van der Waals surface area contributed by atoms with Gasteiger partial charge in [-0.3, -0.25) is 5.10 Å². The molecule has 0 spiro atoms. The number of anilines is 1. The van der Waals surface area contributed by atoms with Crippen molar-refractivity contribution in [2.24, 2.45) is 0 Å². The topological polar surface area (TPSA) is 78.1 Å². The van der Waals surface area contributed by atoms with Crippen molar-refractivity contribution >= 4 is 15.7 Å². The van der Waals surface area contributed by atoms with Gasteiger partial charge in [-0.05, 0) is 18.2 Å². The van der Waals surface area contributed by atoms with Gasteiger partial charge in [-0.2, -0.15) is 5.10 Å². The SMILES string of the molecule is CN(CCNS(=O)(=O)c1ccn[nH]1)c1ccccc1. The van der Waals surface area contributed by atoms with Gasteiger partial charge in [-0.1, -0.05) is 18.2 Å². The highest BCUT2D eigenvalue weighted by molar-refractivity contribution is 7.89. The number of hydrogen-bond donors (Lipinski definition) is 2. The van der Waals surface area contributed by atoms with Gasteiger partial charge in [-0.25, -0.2) is 13.1 Å². The second kappa shape index (κ2) is 5.85. The molecule has 0 aliphatic carbocycles. The van der Waals surface area contributed by atoms with Crippen molar-refractivity contribution in [3.63, 3.8) is 0 Å². The Labute approximate surface area is 112 Å². The van der Waals surface area contributed by atoms with E-state index in [0.717, 1.165) is 5.69 Å². The Morgan fingerprint density at radius 3 is 2.63 bits per heavy atom. The minimum atomic E-state index is -3.49. The molecule has 0 aliphatic heterocycles. The Hall–Kier alpha value is -1.86. The van der Waals surface area contributed by atoms with Gasteiger partial charge in [-0.15, -0.1) is 0 Å². The zero-order valence-electron chi connectivity index (χ0n) is 10.6. The van der Waals surface area contributed by atoms with E-state index in [1.807, 2.05) is 42.3 Å². The Bertz CT molecular complexity index is 596. The number of sulfonamides is 1. The first-order valence-electron chi connectivity index (χ1n) is 5.85. The fraction of sp³-hybridized carbons (Fsp3) is 0.250. The summed E-state index contributed by atoms with van der Waals surface area (Å²) in [6, 6.07) is 11.2. The standard InChI is InChI=1S/C12H16N4O2S/c1-16(11-5-3-2-4-6-11)10-9-14-19(17,18)12-7-8-13-15-12/h2-8,14H,9-10H2,1H3,(H,13,15). The molecule has 0 amide bonds. The van der Waals surface area contributed by atoms with E-state index in [1.165, 1.54) is 12.3 Å². The van der Waals surface area contributed by atoms with Crippen LogP contribution < -0.4 is 9.62 Å². The van der Waals surface area contributed by atoms with Crippen molar-refractivity contribution < 1.29 is 8.42 Å². The van der Waals surface area contributed by atoms with Crippen molar-refractivity contribution in [2.45, 2.75) is 5.03 Å². The molecule has 0 saturated carbocycles. The number of aromatic amines is 1. The van der Waals surface area contributed by atoms with Crippen LogP contribution in [0.15, 0.2) is 47.6 Å². The van der Waals surface area contributed by atoms with Crippen LogP contribution in [-0.2, 0) is 10.0 Å². The smallest absolute Gasteiger partial charge is 0.257 e. The average Bonchev–Trinajstić information content (AvgIpc) is 2.94. The number of nitrogens with one attached hydrogen (secondary N) is 2. The van der Waals surface area contributed by atoms with Gasteiger partial charge in [0.1, 0.15) is 0 Å². The Kier molecular flexibility index (Phi) is 4.18. The molecule has 2 N–H and O–H groups in total. The summed E-state index contributed by atoms with van der Waals surface area (Å²) in [4.78, 5) is 1.98. The number of H-pyrrole nitrogens is 1. The van der Waals surface area contributed by atoms with Crippen LogP contribution in [0, 0.1) is 0 Å². The van der Waals surface area contributed by atoms with Gasteiger partial charge >= 0.3 is 0 Å². The first-order valence-corrected chi connectivity index (χ1v) is 7.33. The first kappa shape index (κ1) is 13.6. The largest absolute Gasteiger partial charge is 0.373 e. The normalized spacial score (nSPS) is 11.4. The summed E-state index contributed by atoms with van der Waals surface area (Å²) in [5.74, 6) is 0. The van der Waals surface area contributed by atoms with E-state index in [4.69, 9.17) is 0 Å². The maximum Gasteiger partial charge on any atom is 0.257 e. The van der Waals surface area contributed by atoms with E-state index in [2.05, 4.69) is 14.9 Å². The molecule has 0 fully saturated rings. The number of para-hydroxylation sites is 1. The highest BCUT2D eigenvalue weighted by Crippen LogP contribution is 2.10. The summed E-state index contributed by atoms with van der Waals surface area (Å²) in [6.45, 7) is 0.907. The highest BCUT2D eigenvalue weighted by atomic mass is 32.2. The Morgan fingerprint density at radius 1 is 1.26 bits per heavy atom. The van der Waals surface area contributed by atoms with E-state index in [9.17, 15) is 8.42 Å². The van der Waals surface area contributed by atoms with Gasteiger partial charge in [0.2, 0.25) is 0 Å². The van der Waals surface area contributed by atoms with Crippen LogP contribution in [0.5, 0.6) is 0 Å². The minimum Gasteiger partial charge on any atom is -0.373 e. The third-order valence-corrected chi connectivity index (χ3v) is 4.09. The maximum atomic E-state index is 11.8. The monoisotopic (exact) mass is 280 g/mol. The maximum absolute atomic E-state index is 11.8. The van der Waals surface area contributed by atoms with Crippen LogP contribution in [0.25, 0.3) is 0 Å². The molecule has 2 aromatic rings. The van der Waals surface area contributed by atoms with Crippen molar-refractivity contribution in [1.82, 2.24) is 14.9 Å². The number of nitrogens with zero attached hydrogens (tertiary/aromatic N) is 2. The van der Waals surface area contributed by atoms with E-state index in [-0.39, 0.29) is 5.03 Å². The van der Waals surface area contributed by atoms with Crippen molar-refractivity contribution in [1.29, 1.82) is 0 Å². The highest BCUT2D eigenvalue weighted by Gasteiger charge is 2.14. The van der Waals surface area contributed by atoms with Crippen molar-refractivity contribution in [3.8, 4) is 0 Å². The van der Waals surface area contributed by atoms with Gasteiger partial charge < -0.3 is 4.90 Å². The van der Waals surface area contributed by atoms with Gasteiger partial charge in [0.15, 0.2) is 5.03 Å². The fourth-order valence-corrected chi connectivity index (χ4v) is 2.56. The molecule has 0 radical (unpaired) electrons. The molecule has 0 unspecified atom stereocenters. The van der Waals surface area contributed by atoms with Crippen LogP contribution in [-0.4, -0.2) is 38.8 Å². The Morgan fingerprint density at radius 2 is 2.00 bits per heavy atom. The second-order valence-corrected chi connectivity index (χ2v) is 5.81. The summed E-state index contributed by atoms with van der Waals surface area (Å²) in [5, 5.41) is 6.14. The predicted octanol–water partition coefficient (Wildman–Crippen LogP) is 0.824. The molecule has 0 saturated heterocycles. The third kappa shape index (κ3) is 3.55. The molecule has 102 valence electrons. The number of aromatic nitrogens is 2. The lowest BCUT2D eigenvalue weighted by Crippen LogP contribution is -2.33. The Balaban J connectivity index is 1.87. The molecule has 0 bridgehead atoms. The number of likely N-dealkylation sites (N-methyl/N-ethyl adjacent to an activating group) is 1. The quantitative estimate of drug-likeness (QED) is 0.821. The van der Waals surface area contributed by atoms with E-state index >= 15 is 0 Å². The van der Waals surface area contributed by atoms with Crippen LogP contribution in [0.1, 0.15) is 0 Å². The first-order chi connectivity index (χ1) is 9.09. The lowest BCUT2D eigenvalue weighted by molar-refractivity contribution is 0.577. The minimum absolute atomic E-state index is 0.0786. The lowest BCUT2D eigenvalue weighted by atomic mass is 10.3. The van der Waals surface area contributed by atoms with E-state index in [1.54, 1.807) is 0 Å². The molecule has 1 aromatic carbocycles. The van der Waals surface area contributed by atoms with E-state index < -0.39 is 10.0 Å². The molecule has 1 heterocycles. The fourth-order valence-electron chi connectivity index (χ4n) is 1.63. The molecule has 0 atom stereocenters. The average molecular weight is 280 g/mol. The second-order valence-electron chi connectivity index (χ2n) is 4.08. The number of rotatable bonds is 6. The van der Waals surface area contributed by atoms with Crippen molar-refractivity contribution in [2.75, 3.05) is 25.0 Å². The lowest BCUT2D eigenvalue weighted by Gasteiger charge is -2.19. The van der Waals surface area contributed by atoms with Gasteiger partial charge in [0.25, 0.3) is 10.0 Å². The zero-order valence-corrected chi connectivity index (χ0v) is 11.4. The third-order valence-electron chi connectivity index (χ3n) is 2.70. The van der Waals surface area contributed by atoms with Gasteiger partial charge in [0, 0.05) is 25.8 Å². The summed E-state index contributed by atoms with van der Waals surface area (Å²) in [6.07, 6.45) is 1.41. The predicted molar refractivity (Wildman–Crippen MR) is 73.5 cm³/mol. The number of hydrogen-bond acceptors (Lipinski definition) is 4. The van der Waals surface area contributed by atoms with Crippen molar-refractivity contribution in [3.05, 3.63) is 42.6 Å².